The first-order valence-corrected chi connectivity index (χ1v) is 12.3. The molecule has 0 bridgehead atoms. The molecule has 188 valence electrons. The van der Waals surface area contributed by atoms with Crippen LogP contribution in [0.4, 0.5) is 0 Å². The Morgan fingerprint density at radius 3 is 2.40 bits per heavy atom. The Morgan fingerprint density at radius 2 is 1.86 bits per heavy atom. The minimum atomic E-state index is -0.0590. The van der Waals surface area contributed by atoms with E-state index in [2.05, 4.69) is 43.7 Å². The smallest absolute Gasteiger partial charge is 0.176 e. The summed E-state index contributed by atoms with van der Waals surface area (Å²) in [5.41, 5.74) is 3.53. The van der Waals surface area contributed by atoms with E-state index in [1.54, 1.807) is 18.2 Å². The van der Waals surface area contributed by atoms with Crippen molar-refractivity contribution in [2.45, 2.75) is 52.7 Å². The highest BCUT2D eigenvalue weighted by Gasteiger charge is 2.21. The normalized spacial score (nSPS) is 11.9. The number of aliphatic hydroxyl groups excluding tert-OH is 1. The van der Waals surface area contributed by atoms with Gasteiger partial charge >= 0.3 is 0 Å². The van der Waals surface area contributed by atoms with E-state index in [1.807, 2.05) is 37.9 Å². The second kappa shape index (κ2) is 11.4. The lowest BCUT2D eigenvalue weighted by atomic mass is 9.96. The van der Waals surface area contributed by atoms with Crippen LogP contribution in [0.1, 0.15) is 56.4 Å². The largest absolute Gasteiger partial charge is 0.489 e. The number of ether oxygens (including phenoxy) is 1. The Bertz CT molecular complexity index is 1150. The maximum Gasteiger partial charge on any atom is 0.176 e. The summed E-state index contributed by atoms with van der Waals surface area (Å²) in [4.78, 5) is 19.7. The van der Waals surface area contributed by atoms with Crippen LogP contribution in [0, 0.1) is 0 Å². The Morgan fingerprint density at radius 1 is 1.17 bits per heavy atom. The molecule has 35 heavy (non-hydrogen) atoms. The van der Waals surface area contributed by atoms with Crippen molar-refractivity contribution in [2.24, 2.45) is 7.05 Å². The summed E-state index contributed by atoms with van der Waals surface area (Å²) < 4.78 is 7.73. The molecule has 0 fully saturated rings. The first-order chi connectivity index (χ1) is 16.5. The van der Waals surface area contributed by atoms with E-state index < -0.39 is 0 Å². The molecule has 1 aromatic heterocycles. The molecule has 0 aliphatic heterocycles. The minimum Gasteiger partial charge on any atom is -0.489 e. The summed E-state index contributed by atoms with van der Waals surface area (Å²) in [6.07, 6.45) is 2.05. The van der Waals surface area contributed by atoms with Gasteiger partial charge in [0.15, 0.2) is 5.78 Å². The number of aromatic nitrogens is 2. The van der Waals surface area contributed by atoms with Gasteiger partial charge in [-0.15, -0.1) is 0 Å². The predicted molar refractivity (Wildman–Crippen MR) is 141 cm³/mol. The Labute approximate surface area is 213 Å². The number of aryl methyl sites for hydroxylation is 1. The van der Waals surface area contributed by atoms with Gasteiger partial charge in [-0.05, 0) is 37.6 Å². The number of hydrogen-bond acceptors (Lipinski definition) is 5. The summed E-state index contributed by atoms with van der Waals surface area (Å²) in [5.74, 6) is 1.54. The van der Waals surface area contributed by atoms with Crippen LogP contribution in [-0.2, 0) is 19.0 Å². The highest BCUT2D eigenvalue weighted by atomic mass is 35.5. The zero-order valence-corrected chi connectivity index (χ0v) is 22.3. The van der Waals surface area contributed by atoms with Crippen LogP contribution in [0.2, 0.25) is 5.02 Å². The van der Waals surface area contributed by atoms with Gasteiger partial charge in [0.05, 0.1) is 30.0 Å². The average Bonchev–Trinajstić information content (AvgIpc) is 3.17. The molecular formula is C28H36ClN3O3. The average molecular weight is 498 g/mol. The second-order valence-corrected chi connectivity index (χ2v) is 10.6. The topological polar surface area (TPSA) is 67.6 Å². The highest BCUT2D eigenvalue weighted by Crippen LogP contribution is 2.28. The molecule has 0 aliphatic carbocycles. The van der Waals surface area contributed by atoms with Gasteiger partial charge in [0.25, 0.3) is 0 Å². The van der Waals surface area contributed by atoms with Gasteiger partial charge in [-0.1, -0.05) is 56.6 Å². The fraction of sp³-hybridized carbons (Fsp3) is 0.429. The summed E-state index contributed by atoms with van der Waals surface area (Å²) in [7, 11) is 2.02. The van der Waals surface area contributed by atoms with Crippen LogP contribution in [0.15, 0.2) is 48.7 Å². The quantitative estimate of drug-likeness (QED) is 0.374. The minimum absolute atomic E-state index is 0.00121. The van der Waals surface area contributed by atoms with E-state index in [-0.39, 0.29) is 30.5 Å². The molecular weight excluding hydrogens is 462 g/mol. The van der Waals surface area contributed by atoms with Crippen molar-refractivity contribution in [3.05, 3.63) is 70.6 Å². The van der Waals surface area contributed by atoms with Gasteiger partial charge in [0, 0.05) is 42.9 Å². The lowest BCUT2D eigenvalue weighted by Gasteiger charge is -2.21. The van der Waals surface area contributed by atoms with E-state index in [0.29, 0.717) is 29.4 Å². The third-order valence-corrected chi connectivity index (χ3v) is 5.90. The number of hydrogen-bond donors (Lipinski definition) is 1. The number of imidazole rings is 1. The lowest BCUT2D eigenvalue weighted by molar-refractivity contribution is 0.0908. The molecule has 0 saturated heterocycles. The molecule has 2 aromatic carbocycles. The van der Waals surface area contributed by atoms with Crippen LogP contribution < -0.4 is 4.74 Å². The summed E-state index contributed by atoms with van der Waals surface area (Å²) in [5, 5.41) is 9.96. The van der Waals surface area contributed by atoms with E-state index in [1.165, 1.54) is 0 Å². The SMILES string of the molecule is CC(C)Oc1ccc(C(=O)CN(CCO)Cc2ccc(-c3cn(C)c(C(C)(C)C)n3)cc2)cc1Cl. The monoisotopic (exact) mass is 497 g/mol. The first-order valence-electron chi connectivity index (χ1n) is 11.9. The van der Waals surface area contributed by atoms with Gasteiger partial charge in [-0.2, -0.15) is 0 Å². The molecule has 3 aromatic rings. The Hall–Kier alpha value is -2.67. The predicted octanol–water partition coefficient (Wildman–Crippen LogP) is 5.50. The highest BCUT2D eigenvalue weighted by molar-refractivity contribution is 6.32. The molecule has 6 nitrogen and oxygen atoms in total. The fourth-order valence-electron chi connectivity index (χ4n) is 4.01. The Balaban J connectivity index is 1.69. The van der Waals surface area contributed by atoms with Crippen molar-refractivity contribution < 1.29 is 14.6 Å². The third-order valence-electron chi connectivity index (χ3n) is 5.60. The molecule has 3 rings (SSSR count). The summed E-state index contributed by atoms with van der Waals surface area (Å²) >= 11 is 6.31. The fourth-order valence-corrected chi connectivity index (χ4v) is 4.24. The number of aliphatic hydroxyl groups is 1. The van der Waals surface area contributed by atoms with Gasteiger partial charge < -0.3 is 14.4 Å². The molecule has 0 amide bonds. The van der Waals surface area contributed by atoms with Gasteiger partial charge in [0.1, 0.15) is 11.6 Å². The van der Waals surface area contributed by atoms with Gasteiger partial charge in [-0.25, -0.2) is 4.98 Å². The van der Waals surface area contributed by atoms with Crippen LogP contribution in [0.3, 0.4) is 0 Å². The van der Waals surface area contributed by atoms with Crippen molar-refractivity contribution in [1.29, 1.82) is 0 Å². The van der Waals surface area contributed by atoms with E-state index >= 15 is 0 Å². The van der Waals surface area contributed by atoms with Crippen LogP contribution in [-0.4, -0.2) is 51.1 Å². The zero-order valence-electron chi connectivity index (χ0n) is 21.5. The number of ketones is 1. The molecule has 0 radical (unpaired) electrons. The number of halogens is 1. The molecule has 0 aliphatic rings. The number of rotatable bonds is 10. The Kier molecular flexibility index (Phi) is 8.75. The van der Waals surface area contributed by atoms with Crippen molar-refractivity contribution in [2.75, 3.05) is 19.7 Å². The molecule has 1 N–H and O–H groups in total. The summed E-state index contributed by atoms with van der Waals surface area (Å²) in [6, 6.07) is 13.3. The number of carbonyl (C=O) groups excluding carboxylic acids is 1. The molecule has 0 atom stereocenters. The van der Waals surface area contributed by atoms with Crippen molar-refractivity contribution in [1.82, 2.24) is 14.5 Å². The number of benzene rings is 2. The summed E-state index contributed by atoms with van der Waals surface area (Å²) in [6.45, 7) is 11.4. The van der Waals surface area contributed by atoms with Crippen molar-refractivity contribution in [3.63, 3.8) is 0 Å². The van der Waals surface area contributed by atoms with Crippen LogP contribution >= 0.6 is 11.6 Å². The second-order valence-electron chi connectivity index (χ2n) is 10.2. The molecule has 0 saturated carbocycles. The zero-order chi connectivity index (χ0) is 25.8. The van der Waals surface area contributed by atoms with Crippen molar-refractivity contribution >= 4 is 17.4 Å². The number of nitrogens with zero attached hydrogens (tertiary/aromatic N) is 3. The van der Waals surface area contributed by atoms with Gasteiger partial charge in [0.2, 0.25) is 0 Å². The van der Waals surface area contributed by atoms with Crippen LogP contribution in [0.5, 0.6) is 5.75 Å². The van der Waals surface area contributed by atoms with E-state index in [0.717, 1.165) is 22.6 Å². The first kappa shape index (κ1) is 26.9. The number of Topliss-reactive ketones (excluding diaryl/α,β-unsaturated/α-hetero) is 1. The molecule has 0 unspecified atom stereocenters. The van der Waals surface area contributed by atoms with Crippen LogP contribution in [0.25, 0.3) is 11.3 Å². The van der Waals surface area contributed by atoms with Gasteiger partial charge in [-0.3, -0.25) is 9.69 Å². The maximum atomic E-state index is 12.9. The number of carbonyl (C=O) groups is 1. The van der Waals surface area contributed by atoms with E-state index in [9.17, 15) is 9.90 Å². The molecule has 1 heterocycles. The maximum absolute atomic E-state index is 12.9. The lowest BCUT2D eigenvalue weighted by Crippen LogP contribution is -2.32. The van der Waals surface area contributed by atoms with Crippen molar-refractivity contribution in [3.8, 4) is 17.0 Å². The van der Waals surface area contributed by atoms with E-state index in [4.69, 9.17) is 21.3 Å². The molecule has 7 heteroatoms. The molecule has 0 spiro atoms. The third kappa shape index (κ3) is 7.17. The standard InChI is InChI=1S/C28H36ClN3O3/c1-19(2)35-26-12-11-22(15-23(26)29)25(34)18-32(13-14-33)16-20-7-9-21(10-8-20)24-17-31(6)27(30-24)28(3,4)5/h7-12,15,17,19,33H,13-14,16,18H2,1-6H3.